The molecule has 0 atom stereocenters. The smallest absolute Gasteiger partial charge is 0.228 e. The van der Waals surface area contributed by atoms with E-state index in [9.17, 15) is 16.8 Å². The highest BCUT2D eigenvalue weighted by atomic mass is 32.3. The lowest BCUT2D eigenvalue weighted by Gasteiger charge is -2.21. The van der Waals surface area contributed by atoms with Crippen LogP contribution in [0.2, 0.25) is 0 Å². The summed E-state index contributed by atoms with van der Waals surface area (Å²) in [4.78, 5) is 0. The summed E-state index contributed by atoms with van der Waals surface area (Å²) in [6, 6.07) is 7.24. The molecule has 1 aromatic carbocycles. The third-order valence-electron chi connectivity index (χ3n) is 2.79. The van der Waals surface area contributed by atoms with E-state index in [4.69, 9.17) is 5.73 Å². The Morgan fingerprint density at radius 2 is 1.65 bits per heavy atom. The Morgan fingerprint density at radius 3 is 2.10 bits per heavy atom. The fourth-order valence-corrected chi connectivity index (χ4v) is 5.34. The molecule has 0 heterocycles. The fourth-order valence-electron chi connectivity index (χ4n) is 1.85. The molecule has 0 spiro atoms. The molecule has 0 unspecified atom stereocenters. The van der Waals surface area contributed by atoms with Crippen LogP contribution >= 0.6 is 0 Å². The molecule has 0 aliphatic heterocycles. The van der Waals surface area contributed by atoms with Gasteiger partial charge in [0.15, 0.2) is 14.9 Å². The predicted molar refractivity (Wildman–Crippen MR) is 79.0 cm³/mol. The molecule has 0 aromatic heterocycles. The van der Waals surface area contributed by atoms with Crippen molar-refractivity contribution in [1.82, 2.24) is 4.31 Å². The van der Waals surface area contributed by atoms with Crippen LogP contribution in [0, 0.1) is 0 Å². The zero-order chi connectivity index (χ0) is 15.4. The van der Waals surface area contributed by atoms with Crippen molar-refractivity contribution in [3.63, 3.8) is 0 Å². The van der Waals surface area contributed by atoms with Gasteiger partial charge < -0.3 is 5.73 Å². The summed E-state index contributed by atoms with van der Waals surface area (Å²) in [5, 5.41) is -0.876. The van der Waals surface area contributed by atoms with Crippen LogP contribution in [-0.2, 0) is 33.0 Å². The Kier molecular flexibility index (Phi) is 5.69. The molecular weight excluding hydrogens is 300 g/mol. The molecule has 0 saturated carbocycles. The van der Waals surface area contributed by atoms with E-state index in [0.717, 1.165) is 21.7 Å². The van der Waals surface area contributed by atoms with Gasteiger partial charge in [0, 0.05) is 25.9 Å². The van der Waals surface area contributed by atoms with Crippen molar-refractivity contribution in [2.45, 2.75) is 20.0 Å². The van der Waals surface area contributed by atoms with Gasteiger partial charge in [0.2, 0.25) is 10.0 Å². The molecule has 114 valence electrons. The molecule has 0 bridgehead atoms. The molecule has 0 fully saturated rings. The van der Waals surface area contributed by atoms with Crippen LogP contribution in [0.3, 0.4) is 0 Å². The number of rotatable bonds is 7. The maximum absolute atomic E-state index is 12.1. The standard InChI is InChI=1S/C12H20N2O4S2/c1-3-14(20(17,18)10-19(2,15)16)9-12-7-5-4-6-11(12)8-13/h4-7H,3,8-10,13H2,1-2H3. The van der Waals surface area contributed by atoms with Gasteiger partial charge in [-0.1, -0.05) is 31.2 Å². The van der Waals surface area contributed by atoms with E-state index in [1.807, 2.05) is 12.1 Å². The number of sulfonamides is 1. The van der Waals surface area contributed by atoms with E-state index >= 15 is 0 Å². The van der Waals surface area contributed by atoms with Gasteiger partial charge in [-0.3, -0.25) is 0 Å². The van der Waals surface area contributed by atoms with Gasteiger partial charge in [-0.05, 0) is 11.1 Å². The Morgan fingerprint density at radius 1 is 1.10 bits per heavy atom. The normalized spacial score (nSPS) is 12.8. The van der Waals surface area contributed by atoms with Gasteiger partial charge in [0.25, 0.3) is 0 Å². The van der Waals surface area contributed by atoms with Crippen LogP contribution in [0.25, 0.3) is 0 Å². The second kappa shape index (κ2) is 6.66. The molecule has 6 nitrogen and oxygen atoms in total. The average Bonchev–Trinajstić information content (AvgIpc) is 2.33. The van der Waals surface area contributed by atoms with Crippen LogP contribution in [0.4, 0.5) is 0 Å². The van der Waals surface area contributed by atoms with Crippen LogP contribution < -0.4 is 5.73 Å². The van der Waals surface area contributed by atoms with E-state index in [1.54, 1.807) is 19.1 Å². The summed E-state index contributed by atoms with van der Waals surface area (Å²) in [7, 11) is -7.45. The zero-order valence-electron chi connectivity index (χ0n) is 11.6. The molecule has 1 rings (SSSR count). The highest BCUT2D eigenvalue weighted by Crippen LogP contribution is 2.15. The number of nitrogens with zero attached hydrogens (tertiary/aromatic N) is 1. The van der Waals surface area contributed by atoms with Crippen LogP contribution in [0.1, 0.15) is 18.1 Å². The number of nitrogens with two attached hydrogens (primary N) is 1. The SMILES string of the molecule is CCN(Cc1ccccc1CN)S(=O)(=O)CS(C)(=O)=O. The number of hydrogen-bond donors (Lipinski definition) is 1. The molecule has 8 heteroatoms. The predicted octanol–water partition coefficient (Wildman–Crippen LogP) is 0.299. The van der Waals surface area contributed by atoms with Crippen molar-refractivity contribution in [3.8, 4) is 0 Å². The van der Waals surface area contributed by atoms with Crippen molar-refractivity contribution < 1.29 is 16.8 Å². The number of benzene rings is 1. The molecule has 0 saturated heterocycles. The monoisotopic (exact) mass is 320 g/mol. The molecule has 0 radical (unpaired) electrons. The van der Waals surface area contributed by atoms with Crippen molar-refractivity contribution >= 4 is 19.9 Å². The molecule has 0 aliphatic rings. The van der Waals surface area contributed by atoms with Gasteiger partial charge in [0.05, 0.1) is 0 Å². The van der Waals surface area contributed by atoms with E-state index < -0.39 is 24.9 Å². The quantitative estimate of drug-likeness (QED) is 0.779. The molecule has 2 N–H and O–H groups in total. The van der Waals surface area contributed by atoms with E-state index in [2.05, 4.69) is 0 Å². The topological polar surface area (TPSA) is 97.5 Å². The van der Waals surface area contributed by atoms with Crippen molar-refractivity contribution in [2.75, 3.05) is 17.9 Å². The zero-order valence-corrected chi connectivity index (χ0v) is 13.2. The summed E-state index contributed by atoms with van der Waals surface area (Å²) in [5.74, 6) is 0. The van der Waals surface area contributed by atoms with Gasteiger partial charge in [-0.2, -0.15) is 4.31 Å². The summed E-state index contributed by atoms with van der Waals surface area (Å²) in [6.07, 6.45) is 0.909. The van der Waals surface area contributed by atoms with Crippen LogP contribution in [0.5, 0.6) is 0 Å². The summed E-state index contributed by atoms with van der Waals surface area (Å²) < 4.78 is 47.8. The van der Waals surface area contributed by atoms with E-state index in [0.29, 0.717) is 6.54 Å². The molecule has 1 aromatic rings. The lowest BCUT2D eigenvalue weighted by Crippen LogP contribution is -2.35. The Hall–Kier alpha value is -0.960. The van der Waals surface area contributed by atoms with Crippen molar-refractivity contribution in [1.29, 1.82) is 0 Å². The Bertz CT molecular complexity index is 654. The first-order valence-electron chi connectivity index (χ1n) is 6.12. The minimum atomic E-state index is -3.85. The minimum Gasteiger partial charge on any atom is -0.326 e. The maximum atomic E-state index is 12.1. The van der Waals surface area contributed by atoms with E-state index in [-0.39, 0.29) is 13.1 Å². The lowest BCUT2D eigenvalue weighted by atomic mass is 10.1. The van der Waals surface area contributed by atoms with E-state index in [1.165, 1.54) is 0 Å². The largest absolute Gasteiger partial charge is 0.326 e. The maximum Gasteiger partial charge on any atom is 0.228 e. The first-order chi connectivity index (χ1) is 9.19. The lowest BCUT2D eigenvalue weighted by molar-refractivity contribution is 0.425. The molecule has 0 amide bonds. The van der Waals surface area contributed by atoms with Gasteiger partial charge in [-0.25, -0.2) is 16.8 Å². The first-order valence-corrected chi connectivity index (χ1v) is 9.79. The van der Waals surface area contributed by atoms with Crippen LogP contribution in [0.15, 0.2) is 24.3 Å². The van der Waals surface area contributed by atoms with Gasteiger partial charge in [0.1, 0.15) is 0 Å². The van der Waals surface area contributed by atoms with Gasteiger partial charge in [-0.15, -0.1) is 0 Å². The number of sulfone groups is 1. The third kappa shape index (κ3) is 4.86. The summed E-state index contributed by atoms with van der Waals surface area (Å²) in [5.41, 5.74) is 7.25. The first kappa shape index (κ1) is 17.1. The summed E-state index contributed by atoms with van der Waals surface area (Å²) >= 11 is 0. The fraction of sp³-hybridized carbons (Fsp3) is 0.500. The van der Waals surface area contributed by atoms with Crippen molar-refractivity contribution in [2.24, 2.45) is 5.73 Å². The Labute approximate surface area is 120 Å². The minimum absolute atomic E-state index is 0.127. The van der Waals surface area contributed by atoms with Crippen LogP contribution in [-0.4, -0.2) is 39.0 Å². The highest BCUT2D eigenvalue weighted by molar-refractivity contribution is 8.06. The third-order valence-corrected chi connectivity index (χ3v) is 6.87. The highest BCUT2D eigenvalue weighted by Gasteiger charge is 2.25. The molecule has 20 heavy (non-hydrogen) atoms. The number of hydrogen-bond acceptors (Lipinski definition) is 5. The average molecular weight is 320 g/mol. The molecule has 0 aliphatic carbocycles. The molecular formula is C12H20N2O4S2. The second-order valence-corrected chi connectivity index (χ2v) is 9.03. The summed E-state index contributed by atoms with van der Waals surface area (Å²) in [6.45, 7) is 2.31. The Balaban J connectivity index is 3.03. The van der Waals surface area contributed by atoms with Gasteiger partial charge >= 0.3 is 0 Å². The second-order valence-electron chi connectivity index (χ2n) is 4.55. The van der Waals surface area contributed by atoms with Crippen molar-refractivity contribution in [3.05, 3.63) is 35.4 Å².